The summed E-state index contributed by atoms with van der Waals surface area (Å²) in [6.07, 6.45) is 2.23. The van der Waals surface area contributed by atoms with E-state index in [0.29, 0.717) is 28.4 Å². The van der Waals surface area contributed by atoms with Crippen LogP contribution in [0, 0.1) is 0 Å². The molecule has 2 heterocycles. The van der Waals surface area contributed by atoms with E-state index in [0.717, 1.165) is 26.1 Å². The Morgan fingerprint density at radius 2 is 1.96 bits per heavy atom. The highest BCUT2D eigenvalue weighted by Gasteiger charge is 2.17. The maximum Gasteiger partial charge on any atom is 0.269 e. The summed E-state index contributed by atoms with van der Waals surface area (Å²) in [6.45, 7) is 7.29. The van der Waals surface area contributed by atoms with Crippen molar-refractivity contribution in [3.63, 3.8) is 0 Å². The molecule has 3 aromatic rings. The maximum absolute atomic E-state index is 12.7. The summed E-state index contributed by atoms with van der Waals surface area (Å²) in [6, 6.07) is 6.56. The van der Waals surface area contributed by atoms with Crippen molar-refractivity contribution < 1.29 is 13.2 Å². The number of primary amides is 1. The van der Waals surface area contributed by atoms with Gasteiger partial charge in [-0.25, -0.2) is 18.1 Å². The Kier molecular flexibility index (Phi) is 5.97. The maximum atomic E-state index is 12.7. The van der Waals surface area contributed by atoms with Crippen LogP contribution >= 0.6 is 0 Å². The molecule has 28 heavy (non-hydrogen) atoms. The van der Waals surface area contributed by atoms with E-state index in [2.05, 4.69) is 33.4 Å². The number of nitrogens with one attached hydrogen (secondary N) is 2. The van der Waals surface area contributed by atoms with E-state index < -0.39 is 15.9 Å². The minimum atomic E-state index is -3.63. The normalized spacial score (nSPS) is 12.2. The Morgan fingerprint density at radius 3 is 2.64 bits per heavy atom. The number of sulfonamides is 1. The lowest BCUT2D eigenvalue weighted by molar-refractivity contribution is 0.0997. The van der Waals surface area contributed by atoms with Gasteiger partial charge >= 0.3 is 0 Å². The summed E-state index contributed by atoms with van der Waals surface area (Å²) in [7, 11) is -3.63. The molecule has 0 aliphatic carbocycles. The van der Waals surface area contributed by atoms with Gasteiger partial charge in [0.05, 0.1) is 10.4 Å². The number of nitrogens with zero attached hydrogens (tertiary/aromatic N) is 2. The fourth-order valence-corrected chi connectivity index (χ4v) is 4.39. The summed E-state index contributed by atoms with van der Waals surface area (Å²) in [5.74, 6) is -0.639. The van der Waals surface area contributed by atoms with Gasteiger partial charge in [0.25, 0.3) is 5.91 Å². The molecule has 0 saturated heterocycles. The second kappa shape index (κ2) is 8.26. The summed E-state index contributed by atoms with van der Waals surface area (Å²) in [5, 5.41) is 1.41. The highest BCUT2D eigenvalue weighted by Crippen LogP contribution is 2.28. The predicted octanol–water partition coefficient (Wildman–Crippen LogP) is 1.83. The van der Waals surface area contributed by atoms with E-state index in [9.17, 15) is 13.2 Å². The van der Waals surface area contributed by atoms with Gasteiger partial charge in [-0.3, -0.25) is 4.79 Å². The van der Waals surface area contributed by atoms with Gasteiger partial charge in [0.15, 0.2) is 5.69 Å². The van der Waals surface area contributed by atoms with Gasteiger partial charge in [0, 0.05) is 29.0 Å². The molecule has 3 rings (SSSR count). The van der Waals surface area contributed by atoms with Crippen molar-refractivity contribution in [3.05, 3.63) is 36.2 Å². The fraction of sp³-hybridized carbons (Fsp3) is 0.368. The first kappa shape index (κ1) is 20.2. The second-order valence-corrected chi connectivity index (χ2v) is 8.32. The van der Waals surface area contributed by atoms with E-state index in [4.69, 9.17) is 5.73 Å². The number of aromatic amines is 1. The number of amides is 1. The van der Waals surface area contributed by atoms with E-state index >= 15 is 0 Å². The summed E-state index contributed by atoms with van der Waals surface area (Å²) in [4.78, 5) is 21.1. The van der Waals surface area contributed by atoms with Crippen molar-refractivity contribution in [1.29, 1.82) is 0 Å². The van der Waals surface area contributed by atoms with E-state index in [-0.39, 0.29) is 10.6 Å². The average molecular weight is 404 g/mol. The van der Waals surface area contributed by atoms with Gasteiger partial charge in [-0.2, -0.15) is 0 Å². The molecule has 1 aromatic carbocycles. The minimum absolute atomic E-state index is 0.132. The molecular formula is C19H25N5O3S. The smallest absolute Gasteiger partial charge is 0.269 e. The summed E-state index contributed by atoms with van der Waals surface area (Å²) in [5.41, 5.74) is 6.73. The number of carbonyl (C=O) groups excluding carboxylic acids is 1. The standard InChI is InChI=1S/C19H25N5O3S/c1-3-24(4-2)11-5-9-22-28(26,27)13-6-7-16-15(12-13)14-8-10-21-18(19(20)25)17(14)23-16/h6-8,10,12,22-23H,3-5,9,11H2,1-2H3,(H2,20,25). The van der Waals surface area contributed by atoms with Crippen molar-refractivity contribution in [1.82, 2.24) is 19.6 Å². The SMILES string of the molecule is CCN(CC)CCCNS(=O)(=O)c1ccc2[nH]c3c(C(N)=O)nccc3c2c1. The monoisotopic (exact) mass is 403 g/mol. The number of aromatic nitrogens is 2. The lowest BCUT2D eigenvalue weighted by Crippen LogP contribution is -2.30. The number of hydrogen-bond acceptors (Lipinski definition) is 5. The van der Waals surface area contributed by atoms with Crippen LogP contribution < -0.4 is 10.5 Å². The Labute approximate surface area is 164 Å². The minimum Gasteiger partial charge on any atom is -0.364 e. The van der Waals surface area contributed by atoms with Crippen molar-refractivity contribution in [2.24, 2.45) is 5.73 Å². The van der Waals surface area contributed by atoms with Gasteiger partial charge in [-0.1, -0.05) is 13.8 Å². The molecule has 0 saturated carbocycles. The highest BCUT2D eigenvalue weighted by atomic mass is 32.2. The fourth-order valence-electron chi connectivity index (χ4n) is 3.29. The van der Waals surface area contributed by atoms with E-state index in [1.807, 2.05) is 0 Å². The molecule has 0 atom stereocenters. The van der Waals surface area contributed by atoms with Crippen molar-refractivity contribution in [3.8, 4) is 0 Å². The first-order valence-electron chi connectivity index (χ1n) is 9.29. The molecular weight excluding hydrogens is 378 g/mol. The van der Waals surface area contributed by atoms with Crippen LogP contribution in [0.25, 0.3) is 21.8 Å². The lowest BCUT2D eigenvalue weighted by Gasteiger charge is -2.17. The Bertz CT molecular complexity index is 1100. The molecule has 0 radical (unpaired) electrons. The number of carbonyl (C=O) groups is 1. The second-order valence-electron chi connectivity index (χ2n) is 6.56. The number of rotatable bonds is 9. The molecule has 4 N–H and O–H groups in total. The third-order valence-corrected chi connectivity index (χ3v) is 6.33. The Morgan fingerprint density at radius 1 is 1.21 bits per heavy atom. The van der Waals surface area contributed by atoms with Crippen LogP contribution in [0.5, 0.6) is 0 Å². The first-order valence-corrected chi connectivity index (χ1v) is 10.8. The number of benzene rings is 1. The third-order valence-electron chi connectivity index (χ3n) is 4.87. The van der Waals surface area contributed by atoms with Crippen LogP contribution in [0.3, 0.4) is 0 Å². The Balaban J connectivity index is 1.86. The van der Waals surface area contributed by atoms with Crippen LogP contribution in [0.2, 0.25) is 0 Å². The van der Waals surface area contributed by atoms with Crippen molar-refractivity contribution in [2.45, 2.75) is 25.2 Å². The summed E-state index contributed by atoms with van der Waals surface area (Å²) < 4.78 is 28.0. The number of fused-ring (bicyclic) bond motifs is 3. The molecule has 0 aliphatic rings. The van der Waals surface area contributed by atoms with Gasteiger partial charge in [-0.05, 0) is 50.3 Å². The molecule has 9 heteroatoms. The zero-order valence-electron chi connectivity index (χ0n) is 16.0. The highest BCUT2D eigenvalue weighted by molar-refractivity contribution is 7.89. The molecule has 1 amide bonds. The number of H-pyrrole nitrogens is 1. The topological polar surface area (TPSA) is 121 Å². The van der Waals surface area contributed by atoms with Gasteiger partial charge < -0.3 is 15.6 Å². The quantitative estimate of drug-likeness (QED) is 0.471. The molecule has 2 aromatic heterocycles. The number of nitrogens with two attached hydrogens (primary N) is 1. The molecule has 8 nitrogen and oxygen atoms in total. The predicted molar refractivity (Wildman–Crippen MR) is 110 cm³/mol. The van der Waals surface area contributed by atoms with E-state index in [1.54, 1.807) is 24.3 Å². The molecule has 150 valence electrons. The average Bonchev–Trinajstić information content (AvgIpc) is 3.05. The Hall–Kier alpha value is -2.49. The number of hydrogen-bond donors (Lipinski definition) is 3. The van der Waals surface area contributed by atoms with Gasteiger partial charge in [0.1, 0.15) is 0 Å². The number of pyridine rings is 1. The summed E-state index contributed by atoms with van der Waals surface area (Å²) >= 11 is 0. The van der Waals surface area contributed by atoms with Crippen LogP contribution in [0.1, 0.15) is 30.8 Å². The zero-order valence-corrected chi connectivity index (χ0v) is 16.8. The molecule has 0 spiro atoms. The van der Waals surface area contributed by atoms with Crippen molar-refractivity contribution >= 4 is 37.7 Å². The molecule has 0 bridgehead atoms. The molecule has 0 aliphatic heterocycles. The van der Waals surface area contributed by atoms with Crippen LogP contribution in [-0.4, -0.2) is 55.4 Å². The largest absolute Gasteiger partial charge is 0.364 e. The third kappa shape index (κ3) is 4.01. The first-order chi connectivity index (χ1) is 13.4. The van der Waals surface area contributed by atoms with Crippen LogP contribution in [0.15, 0.2) is 35.4 Å². The van der Waals surface area contributed by atoms with Crippen LogP contribution in [-0.2, 0) is 10.0 Å². The molecule has 0 unspecified atom stereocenters. The van der Waals surface area contributed by atoms with E-state index in [1.165, 1.54) is 6.20 Å². The van der Waals surface area contributed by atoms with Crippen LogP contribution in [0.4, 0.5) is 0 Å². The zero-order chi connectivity index (χ0) is 20.3. The lowest BCUT2D eigenvalue weighted by atomic mass is 10.1. The van der Waals surface area contributed by atoms with Gasteiger partial charge in [-0.15, -0.1) is 0 Å². The van der Waals surface area contributed by atoms with Gasteiger partial charge in [0.2, 0.25) is 10.0 Å². The van der Waals surface area contributed by atoms with Crippen molar-refractivity contribution in [2.75, 3.05) is 26.2 Å². The molecule has 0 fully saturated rings.